The quantitative estimate of drug-likeness (QED) is 0.546. The first-order valence-electron chi connectivity index (χ1n) is 7.07. The van der Waals surface area contributed by atoms with Crippen LogP contribution in [0.2, 0.25) is 0 Å². The average Bonchev–Trinajstić information content (AvgIpc) is 2.45. The van der Waals surface area contributed by atoms with Gasteiger partial charge in [-0.15, -0.1) is 0 Å². The minimum absolute atomic E-state index is 0.0907. The van der Waals surface area contributed by atoms with Crippen LogP contribution < -0.4 is 5.32 Å². The van der Waals surface area contributed by atoms with Crippen LogP contribution in [0.3, 0.4) is 0 Å². The Morgan fingerprint density at radius 1 is 1.21 bits per heavy atom. The second-order valence-electron chi connectivity index (χ2n) is 4.80. The first-order valence-corrected chi connectivity index (χ1v) is 7.07. The summed E-state index contributed by atoms with van der Waals surface area (Å²) < 4.78 is 0. The molecule has 0 aliphatic rings. The van der Waals surface area contributed by atoms with Crippen molar-refractivity contribution in [1.29, 1.82) is 0 Å². The van der Waals surface area contributed by atoms with Gasteiger partial charge in [0.2, 0.25) is 5.91 Å². The summed E-state index contributed by atoms with van der Waals surface area (Å²) in [6.07, 6.45) is 7.18. The molecule has 0 heterocycles. The molecule has 0 unspecified atom stereocenters. The van der Waals surface area contributed by atoms with Gasteiger partial charge >= 0.3 is 0 Å². The van der Waals surface area contributed by atoms with Gasteiger partial charge in [0.1, 0.15) is 6.29 Å². The second-order valence-corrected chi connectivity index (χ2v) is 4.80. The van der Waals surface area contributed by atoms with E-state index in [0.29, 0.717) is 18.5 Å². The van der Waals surface area contributed by atoms with Crippen LogP contribution in [0, 0.1) is 0 Å². The molecule has 1 aromatic carbocycles. The van der Waals surface area contributed by atoms with Crippen molar-refractivity contribution < 1.29 is 9.59 Å². The zero-order valence-electron chi connectivity index (χ0n) is 11.7. The molecule has 1 aromatic rings. The summed E-state index contributed by atoms with van der Waals surface area (Å²) in [6.45, 7) is 2.68. The van der Waals surface area contributed by atoms with E-state index in [1.807, 2.05) is 12.1 Å². The highest BCUT2D eigenvalue weighted by Gasteiger charge is 2.01. The molecule has 0 atom stereocenters. The highest BCUT2D eigenvalue weighted by Crippen LogP contribution is 2.06. The molecule has 0 aliphatic heterocycles. The van der Waals surface area contributed by atoms with Gasteiger partial charge < -0.3 is 5.32 Å². The van der Waals surface area contributed by atoms with E-state index >= 15 is 0 Å². The van der Waals surface area contributed by atoms with Gasteiger partial charge in [0.05, 0.1) is 0 Å². The summed E-state index contributed by atoms with van der Waals surface area (Å²) in [6, 6.07) is 7.30. The smallest absolute Gasteiger partial charge is 0.220 e. The molecule has 1 N–H and O–H groups in total. The summed E-state index contributed by atoms with van der Waals surface area (Å²) in [7, 11) is 0. The number of aldehydes is 1. The number of carbonyl (C=O) groups is 2. The number of benzene rings is 1. The summed E-state index contributed by atoms with van der Waals surface area (Å²) in [5, 5.41) is 2.89. The van der Waals surface area contributed by atoms with Gasteiger partial charge in [0.15, 0.2) is 0 Å². The summed E-state index contributed by atoms with van der Waals surface area (Å²) in [5.41, 5.74) is 1.61. The predicted molar refractivity (Wildman–Crippen MR) is 77.1 cm³/mol. The van der Waals surface area contributed by atoms with Crippen LogP contribution >= 0.6 is 0 Å². The van der Waals surface area contributed by atoms with E-state index in [4.69, 9.17) is 0 Å². The van der Waals surface area contributed by atoms with E-state index in [0.717, 1.165) is 24.7 Å². The SMILES string of the molecule is CCCCCCCC(=O)NCc1cccc(C=O)c1. The van der Waals surface area contributed by atoms with Crippen molar-refractivity contribution >= 4 is 12.2 Å². The van der Waals surface area contributed by atoms with E-state index in [1.54, 1.807) is 12.1 Å². The van der Waals surface area contributed by atoms with E-state index in [-0.39, 0.29) is 5.91 Å². The molecule has 1 rings (SSSR count). The van der Waals surface area contributed by atoms with Crippen LogP contribution in [0.15, 0.2) is 24.3 Å². The Morgan fingerprint density at radius 3 is 2.74 bits per heavy atom. The van der Waals surface area contributed by atoms with Crippen LogP contribution in [0.4, 0.5) is 0 Å². The van der Waals surface area contributed by atoms with Gasteiger partial charge in [0.25, 0.3) is 0 Å². The summed E-state index contributed by atoms with van der Waals surface area (Å²) >= 11 is 0. The number of nitrogens with one attached hydrogen (secondary N) is 1. The third-order valence-electron chi connectivity index (χ3n) is 3.08. The molecule has 0 saturated heterocycles. The molecule has 0 bridgehead atoms. The molecule has 3 nitrogen and oxygen atoms in total. The number of carbonyl (C=O) groups excluding carboxylic acids is 2. The molecular formula is C16H23NO2. The summed E-state index contributed by atoms with van der Waals surface area (Å²) in [4.78, 5) is 22.3. The molecule has 104 valence electrons. The maximum Gasteiger partial charge on any atom is 0.220 e. The second kappa shape index (κ2) is 9.31. The molecule has 1 amide bonds. The van der Waals surface area contributed by atoms with Crippen LogP contribution in [0.25, 0.3) is 0 Å². The first kappa shape index (κ1) is 15.4. The number of amides is 1. The normalized spacial score (nSPS) is 10.2. The van der Waals surface area contributed by atoms with Gasteiger partial charge in [-0.3, -0.25) is 9.59 Å². The van der Waals surface area contributed by atoms with Crippen molar-refractivity contribution in [3.05, 3.63) is 35.4 Å². The van der Waals surface area contributed by atoms with E-state index < -0.39 is 0 Å². The fourth-order valence-electron chi connectivity index (χ4n) is 1.95. The van der Waals surface area contributed by atoms with E-state index in [1.165, 1.54) is 19.3 Å². The minimum atomic E-state index is 0.0907. The number of rotatable bonds is 9. The third kappa shape index (κ3) is 6.75. The van der Waals surface area contributed by atoms with Gasteiger partial charge in [-0.2, -0.15) is 0 Å². The fraction of sp³-hybridized carbons (Fsp3) is 0.500. The molecule has 0 spiro atoms. The van der Waals surface area contributed by atoms with Crippen LogP contribution in [-0.2, 0) is 11.3 Å². The molecule has 0 saturated carbocycles. The summed E-state index contributed by atoms with van der Waals surface area (Å²) in [5.74, 6) is 0.0907. The van der Waals surface area contributed by atoms with Crippen LogP contribution in [-0.4, -0.2) is 12.2 Å². The van der Waals surface area contributed by atoms with Crippen molar-refractivity contribution in [3.8, 4) is 0 Å². The van der Waals surface area contributed by atoms with Crippen molar-refractivity contribution in [2.75, 3.05) is 0 Å². The Labute approximate surface area is 115 Å². The first-order chi connectivity index (χ1) is 9.26. The van der Waals surface area contributed by atoms with Gasteiger partial charge in [-0.25, -0.2) is 0 Å². The van der Waals surface area contributed by atoms with Crippen molar-refractivity contribution in [3.63, 3.8) is 0 Å². The number of hydrogen-bond acceptors (Lipinski definition) is 2. The molecule has 0 aliphatic carbocycles. The Bertz CT molecular complexity index is 401. The zero-order valence-corrected chi connectivity index (χ0v) is 11.7. The Kier molecular flexibility index (Phi) is 7.56. The van der Waals surface area contributed by atoms with E-state index in [9.17, 15) is 9.59 Å². The molecule has 19 heavy (non-hydrogen) atoms. The monoisotopic (exact) mass is 261 g/mol. The maximum atomic E-state index is 11.6. The minimum Gasteiger partial charge on any atom is -0.352 e. The average molecular weight is 261 g/mol. The molecule has 0 aromatic heterocycles. The zero-order chi connectivity index (χ0) is 13.9. The number of unbranched alkanes of at least 4 members (excludes halogenated alkanes) is 4. The Morgan fingerprint density at radius 2 is 2.00 bits per heavy atom. The fourth-order valence-corrected chi connectivity index (χ4v) is 1.95. The molecular weight excluding hydrogens is 238 g/mol. The highest BCUT2D eigenvalue weighted by atomic mass is 16.1. The van der Waals surface area contributed by atoms with Crippen LogP contribution in [0.1, 0.15) is 61.4 Å². The number of hydrogen-bond donors (Lipinski definition) is 1. The van der Waals surface area contributed by atoms with Gasteiger partial charge in [-0.05, 0) is 18.1 Å². The van der Waals surface area contributed by atoms with E-state index in [2.05, 4.69) is 12.2 Å². The third-order valence-corrected chi connectivity index (χ3v) is 3.08. The molecule has 0 fully saturated rings. The lowest BCUT2D eigenvalue weighted by Crippen LogP contribution is -2.22. The molecule has 3 heteroatoms. The largest absolute Gasteiger partial charge is 0.352 e. The lowest BCUT2D eigenvalue weighted by molar-refractivity contribution is -0.121. The topological polar surface area (TPSA) is 46.2 Å². The van der Waals surface area contributed by atoms with Crippen molar-refractivity contribution in [1.82, 2.24) is 5.32 Å². The molecule has 0 radical (unpaired) electrons. The lowest BCUT2D eigenvalue weighted by atomic mass is 10.1. The Hall–Kier alpha value is -1.64. The maximum absolute atomic E-state index is 11.6. The highest BCUT2D eigenvalue weighted by molar-refractivity contribution is 5.76. The van der Waals surface area contributed by atoms with Crippen molar-refractivity contribution in [2.45, 2.75) is 52.0 Å². The predicted octanol–water partition coefficient (Wildman–Crippen LogP) is 3.48. The standard InChI is InChI=1S/C16H23NO2/c1-2-3-4-5-6-10-16(19)17-12-14-8-7-9-15(11-14)13-18/h7-9,11,13H,2-6,10,12H2,1H3,(H,17,19). The van der Waals surface area contributed by atoms with Crippen LogP contribution in [0.5, 0.6) is 0 Å². The lowest BCUT2D eigenvalue weighted by Gasteiger charge is -2.06. The van der Waals surface area contributed by atoms with Gasteiger partial charge in [0, 0.05) is 18.5 Å². The van der Waals surface area contributed by atoms with Gasteiger partial charge in [-0.1, -0.05) is 50.8 Å². The van der Waals surface area contributed by atoms with Crippen molar-refractivity contribution in [2.24, 2.45) is 0 Å². The Balaban J connectivity index is 2.20.